The Kier molecular flexibility index (Phi) is 16.0. The van der Waals surface area contributed by atoms with Crippen LogP contribution >= 0.6 is 11.9 Å². The van der Waals surface area contributed by atoms with Crippen molar-refractivity contribution in [2.24, 2.45) is 5.14 Å². The Labute approximate surface area is 49.1 Å². The van der Waals surface area contributed by atoms with Gasteiger partial charge in [0.15, 0.2) is 0 Å². The van der Waals surface area contributed by atoms with Crippen LogP contribution in [0.5, 0.6) is 0 Å². The zero-order valence-corrected chi connectivity index (χ0v) is 5.34. The van der Waals surface area contributed by atoms with Gasteiger partial charge in [0.25, 0.3) is 0 Å². The van der Waals surface area contributed by atoms with Gasteiger partial charge in [-0.1, -0.05) is 0 Å². The van der Waals surface area contributed by atoms with E-state index in [1.165, 1.54) is 0 Å². The van der Waals surface area contributed by atoms with E-state index in [9.17, 15) is 0 Å². The predicted octanol–water partition coefficient (Wildman–Crippen LogP) is 0.0719. The molecule has 4 heteroatoms. The summed E-state index contributed by atoms with van der Waals surface area (Å²) in [5, 5.41) is 13.7. The third kappa shape index (κ3) is 12.5. The van der Waals surface area contributed by atoms with Crippen LogP contribution in [0.1, 0.15) is 0 Å². The van der Waals surface area contributed by atoms with Gasteiger partial charge < -0.3 is 0 Å². The number of hydrogen-bond acceptors (Lipinski definition) is 3. The van der Waals surface area contributed by atoms with Gasteiger partial charge in [0, 0.05) is 33.0 Å². The van der Waals surface area contributed by atoms with Crippen LogP contribution in [-0.4, -0.2) is 0 Å². The van der Waals surface area contributed by atoms with Crippen molar-refractivity contribution in [2.45, 2.75) is 0 Å². The quantitative estimate of drug-likeness (QED) is 0.500. The van der Waals surface area contributed by atoms with Crippen LogP contribution in [0.4, 0.5) is 0 Å². The number of thiocyanates is 1. The van der Waals surface area contributed by atoms with Crippen LogP contribution in [0, 0.1) is 10.7 Å². The summed E-state index contributed by atoms with van der Waals surface area (Å²) in [6, 6.07) is 0. The van der Waals surface area contributed by atoms with Gasteiger partial charge in [-0.15, -0.1) is 0 Å². The van der Waals surface area contributed by atoms with Crippen molar-refractivity contribution in [3.8, 4) is 5.40 Å². The number of nitrogens with zero attached hydrogens (tertiary/aromatic N) is 1. The van der Waals surface area contributed by atoms with Crippen molar-refractivity contribution < 1.29 is 21.1 Å². The van der Waals surface area contributed by atoms with Gasteiger partial charge in [-0.25, -0.2) is 0 Å². The molecule has 0 heterocycles. The van der Waals surface area contributed by atoms with Crippen LogP contribution < -0.4 is 5.14 Å². The second kappa shape index (κ2) is 8.82. The van der Waals surface area contributed by atoms with Crippen LogP contribution in [0.2, 0.25) is 0 Å². The third-order valence-corrected chi connectivity index (χ3v) is 0.158. The molecule has 0 aliphatic rings. The van der Waals surface area contributed by atoms with Crippen LogP contribution in [-0.2, 0) is 21.1 Å². The molecule has 0 aromatic carbocycles. The fourth-order valence-electron chi connectivity index (χ4n) is 0. The smallest absolute Gasteiger partial charge is 0.149 e. The molecule has 0 atom stereocenters. The molecule has 0 bridgehead atoms. The number of rotatable bonds is 0. The summed E-state index contributed by atoms with van der Waals surface area (Å²) in [6.07, 6.45) is 0. The van der Waals surface area contributed by atoms with Gasteiger partial charge in [0.1, 0.15) is 5.40 Å². The molecule has 0 aromatic rings. The molecular weight excluding hydrogens is 267 g/mol. The second-order valence-electron chi connectivity index (χ2n) is 0.209. The van der Waals surface area contributed by atoms with Crippen molar-refractivity contribution >= 4 is 11.9 Å². The van der Waals surface area contributed by atoms with E-state index in [1.54, 1.807) is 5.40 Å². The van der Waals surface area contributed by atoms with E-state index in [4.69, 9.17) is 5.26 Å². The standard InChI is InChI=1S/CH2N2S.Pt/c2-1-4-3;/h3H2;. The molecule has 0 unspecified atom stereocenters. The normalized spacial score (nSPS) is 4.00. The van der Waals surface area contributed by atoms with Gasteiger partial charge in [-0.2, -0.15) is 5.26 Å². The van der Waals surface area contributed by atoms with E-state index in [2.05, 4.69) is 5.14 Å². The molecular formula is CH2N2PtS. The van der Waals surface area contributed by atoms with Gasteiger partial charge >= 0.3 is 0 Å². The monoisotopic (exact) mass is 269 g/mol. The van der Waals surface area contributed by atoms with Gasteiger partial charge in [0.05, 0.1) is 0 Å². The first-order chi connectivity index (χ1) is 1.91. The number of nitrogens with two attached hydrogens (primary N) is 1. The Morgan fingerprint density at radius 1 is 1.80 bits per heavy atom. The van der Waals surface area contributed by atoms with Crippen molar-refractivity contribution in [2.75, 3.05) is 0 Å². The number of nitriles is 1. The fourth-order valence-corrected chi connectivity index (χ4v) is 0. The molecule has 0 saturated carbocycles. The second-order valence-corrected chi connectivity index (χ2v) is 0.627. The summed E-state index contributed by atoms with van der Waals surface area (Å²) in [7, 11) is 0. The molecule has 0 aliphatic heterocycles. The summed E-state index contributed by atoms with van der Waals surface area (Å²) >= 11 is 0.662. The van der Waals surface area contributed by atoms with Crippen molar-refractivity contribution in [1.29, 1.82) is 5.26 Å². The maximum absolute atomic E-state index is 7.46. The zero-order valence-electron chi connectivity index (χ0n) is 2.25. The Morgan fingerprint density at radius 2 is 2.00 bits per heavy atom. The molecule has 0 rings (SSSR count). The van der Waals surface area contributed by atoms with E-state index in [1.807, 2.05) is 0 Å². The van der Waals surface area contributed by atoms with E-state index >= 15 is 0 Å². The molecule has 0 fully saturated rings. The first-order valence-electron chi connectivity index (χ1n) is 0.663. The molecule has 0 saturated heterocycles. The van der Waals surface area contributed by atoms with E-state index in [0.717, 1.165) is 0 Å². The minimum absolute atomic E-state index is 0. The maximum atomic E-state index is 7.46. The molecule has 0 aromatic heterocycles. The summed E-state index contributed by atoms with van der Waals surface area (Å²) in [5.74, 6) is 0. The summed E-state index contributed by atoms with van der Waals surface area (Å²) in [5.41, 5.74) is 0. The maximum Gasteiger partial charge on any atom is 0.149 e. The first-order valence-corrected chi connectivity index (χ1v) is 1.54. The molecule has 5 heavy (non-hydrogen) atoms. The van der Waals surface area contributed by atoms with Gasteiger partial charge in [-0.3, -0.25) is 5.14 Å². The summed E-state index contributed by atoms with van der Waals surface area (Å²) in [6.45, 7) is 0. The third-order valence-electron chi connectivity index (χ3n) is 0.0527. The minimum Gasteiger partial charge on any atom is -0.265 e. The Bertz CT molecular complexity index is 39.4. The van der Waals surface area contributed by atoms with E-state index < -0.39 is 0 Å². The number of hydrogen-bond donors (Lipinski definition) is 1. The summed E-state index contributed by atoms with van der Waals surface area (Å²) in [4.78, 5) is 0. The molecule has 0 radical (unpaired) electrons. The topological polar surface area (TPSA) is 49.8 Å². The SMILES string of the molecule is N#CSN.[Pt]. The molecule has 2 nitrogen and oxygen atoms in total. The largest absolute Gasteiger partial charge is 0.265 e. The van der Waals surface area contributed by atoms with Gasteiger partial charge in [0.2, 0.25) is 0 Å². The molecule has 0 aliphatic carbocycles. The van der Waals surface area contributed by atoms with Crippen LogP contribution in [0.15, 0.2) is 0 Å². The zero-order chi connectivity index (χ0) is 3.41. The molecule has 0 amide bonds. The molecule has 32 valence electrons. The van der Waals surface area contributed by atoms with E-state index in [0.29, 0.717) is 11.9 Å². The Morgan fingerprint density at radius 3 is 2.00 bits per heavy atom. The minimum atomic E-state index is 0. The van der Waals surface area contributed by atoms with E-state index in [-0.39, 0.29) is 21.1 Å². The van der Waals surface area contributed by atoms with Crippen molar-refractivity contribution in [3.05, 3.63) is 0 Å². The summed E-state index contributed by atoms with van der Waals surface area (Å²) < 4.78 is 0. The first kappa shape index (κ1) is 9.09. The average molecular weight is 269 g/mol. The van der Waals surface area contributed by atoms with Crippen molar-refractivity contribution in [1.82, 2.24) is 0 Å². The molecule has 2 N–H and O–H groups in total. The van der Waals surface area contributed by atoms with Crippen LogP contribution in [0.25, 0.3) is 0 Å². The van der Waals surface area contributed by atoms with Crippen LogP contribution in [0.3, 0.4) is 0 Å². The average Bonchev–Trinajstić information content (AvgIpc) is 1.37. The Hall–Kier alpha value is 0.488. The van der Waals surface area contributed by atoms with Gasteiger partial charge in [-0.05, 0) is 0 Å². The van der Waals surface area contributed by atoms with Crippen molar-refractivity contribution in [3.63, 3.8) is 0 Å². The fraction of sp³-hybridized carbons (Fsp3) is 0. The molecule has 0 spiro atoms. The Balaban J connectivity index is 0. The predicted molar refractivity (Wildman–Crippen MR) is 17.4 cm³/mol.